The van der Waals surface area contributed by atoms with Crippen LogP contribution < -0.4 is 0 Å². The lowest BCUT2D eigenvalue weighted by molar-refractivity contribution is -0.385. The van der Waals surface area contributed by atoms with Crippen LogP contribution in [0.3, 0.4) is 0 Å². The minimum Gasteiger partial charge on any atom is -0.508 e. The first-order valence-corrected chi connectivity index (χ1v) is 6.53. The van der Waals surface area contributed by atoms with Crippen LogP contribution in [-0.2, 0) is 6.54 Å². The van der Waals surface area contributed by atoms with E-state index in [4.69, 9.17) is 0 Å². The van der Waals surface area contributed by atoms with E-state index in [9.17, 15) is 20.0 Å². The molecule has 0 radical (unpaired) electrons. The summed E-state index contributed by atoms with van der Waals surface area (Å²) in [6.07, 6.45) is 0. The Morgan fingerprint density at radius 2 is 2.30 bits per heavy atom. The Morgan fingerprint density at radius 1 is 1.55 bits per heavy atom. The molecule has 1 amide bonds. The third kappa shape index (κ3) is 2.91. The number of phenols is 1. The number of rotatable bonds is 4. The number of aromatic nitrogens is 1. The fraction of sp³-hybridized carbons (Fsp3) is 0.167. The number of phenolic OH excluding ortho intramolecular Hbond substituents is 1. The average Bonchev–Trinajstić information content (AvgIpc) is 2.90. The minimum atomic E-state index is -0.649. The van der Waals surface area contributed by atoms with E-state index in [0.717, 1.165) is 12.1 Å². The summed E-state index contributed by atoms with van der Waals surface area (Å²) in [4.78, 5) is 27.9. The number of carbonyl (C=O) groups is 1. The van der Waals surface area contributed by atoms with Crippen LogP contribution >= 0.6 is 11.3 Å². The second kappa shape index (κ2) is 5.66. The first kappa shape index (κ1) is 13.9. The zero-order valence-electron chi connectivity index (χ0n) is 10.5. The molecule has 0 saturated heterocycles. The Hall–Kier alpha value is -2.48. The Bertz CT molecular complexity index is 642. The first-order valence-electron chi connectivity index (χ1n) is 5.59. The zero-order chi connectivity index (χ0) is 14.7. The van der Waals surface area contributed by atoms with E-state index in [-0.39, 0.29) is 23.5 Å². The largest absolute Gasteiger partial charge is 0.508 e. The molecule has 2 aromatic rings. The molecule has 0 fully saturated rings. The Morgan fingerprint density at radius 3 is 2.90 bits per heavy atom. The number of amides is 1. The van der Waals surface area contributed by atoms with Crippen LogP contribution in [0.2, 0.25) is 0 Å². The summed E-state index contributed by atoms with van der Waals surface area (Å²) in [6, 6.07) is 3.38. The van der Waals surface area contributed by atoms with Crippen molar-refractivity contribution in [2.24, 2.45) is 0 Å². The molecular formula is C12H11N3O4S. The molecule has 104 valence electrons. The highest BCUT2D eigenvalue weighted by atomic mass is 32.1. The molecule has 0 aliphatic carbocycles. The predicted octanol–water partition coefficient (Wildman–Crippen LogP) is 2.03. The Labute approximate surface area is 118 Å². The Balaban J connectivity index is 2.28. The molecule has 0 bridgehead atoms. The van der Waals surface area contributed by atoms with Gasteiger partial charge in [-0.25, -0.2) is 4.98 Å². The van der Waals surface area contributed by atoms with E-state index in [1.165, 1.54) is 29.4 Å². The molecule has 8 heteroatoms. The second-order valence-corrected chi connectivity index (χ2v) is 4.82. The molecule has 1 aromatic heterocycles. The van der Waals surface area contributed by atoms with E-state index in [1.54, 1.807) is 10.9 Å². The number of hydrogen-bond acceptors (Lipinski definition) is 6. The lowest BCUT2D eigenvalue weighted by Gasteiger charge is -2.16. The molecule has 0 unspecified atom stereocenters. The van der Waals surface area contributed by atoms with Gasteiger partial charge in [-0.15, -0.1) is 11.3 Å². The molecule has 1 N–H and O–H groups in total. The monoisotopic (exact) mass is 293 g/mol. The molecule has 0 saturated carbocycles. The molecule has 0 aliphatic rings. The smallest absolute Gasteiger partial charge is 0.282 e. The maximum Gasteiger partial charge on any atom is 0.282 e. The number of hydrogen-bond donors (Lipinski definition) is 1. The van der Waals surface area contributed by atoms with Crippen LogP contribution in [0.4, 0.5) is 5.69 Å². The fourth-order valence-corrected chi connectivity index (χ4v) is 2.24. The first-order chi connectivity index (χ1) is 9.49. The summed E-state index contributed by atoms with van der Waals surface area (Å²) in [5.74, 6) is -0.735. The van der Waals surface area contributed by atoms with Crippen molar-refractivity contribution in [3.05, 3.63) is 50.5 Å². The Kier molecular flexibility index (Phi) is 3.94. The fourth-order valence-electron chi connectivity index (χ4n) is 1.69. The molecule has 0 atom stereocenters. The predicted molar refractivity (Wildman–Crippen MR) is 72.7 cm³/mol. The van der Waals surface area contributed by atoms with Crippen LogP contribution in [0.15, 0.2) is 29.1 Å². The van der Waals surface area contributed by atoms with Gasteiger partial charge in [0.2, 0.25) is 0 Å². The van der Waals surface area contributed by atoms with Gasteiger partial charge >= 0.3 is 0 Å². The zero-order valence-corrected chi connectivity index (χ0v) is 11.3. The third-order valence-electron chi connectivity index (χ3n) is 2.64. The standard InChI is InChI=1S/C12H11N3O4S/c1-14(5-8-6-20-7-13-8)12(17)10-4-9(16)2-3-11(10)15(18)19/h2-4,6-7,16H,5H2,1H3. The summed E-state index contributed by atoms with van der Waals surface area (Å²) in [5, 5.41) is 22.1. The molecule has 0 spiro atoms. The van der Waals surface area contributed by atoms with Gasteiger partial charge in [0.15, 0.2) is 0 Å². The summed E-state index contributed by atoms with van der Waals surface area (Å²) in [5.41, 5.74) is 1.86. The van der Waals surface area contributed by atoms with Crippen LogP contribution in [-0.4, -0.2) is 32.9 Å². The normalized spacial score (nSPS) is 10.2. The van der Waals surface area contributed by atoms with Gasteiger partial charge in [0.05, 0.1) is 22.7 Å². The molecule has 0 aliphatic heterocycles. The van der Waals surface area contributed by atoms with Crippen molar-refractivity contribution >= 4 is 22.9 Å². The van der Waals surface area contributed by atoms with Gasteiger partial charge in [0.1, 0.15) is 11.3 Å². The van der Waals surface area contributed by atoms with Crippen molar-refractivity contribution in [2.75, 3.05) is 7.05 Å². The number of aromatic hydroxyl groups is 1. The summed E-state index contributed by atoms with van der Waals surface area (Å²) in [7, 11) is 1.52. The lowest BCUT2D eigenvalue weighted by atomic mass is 10.1. The van der Waals surface area contributed by atoms with Crippen molar-refractivity contribution in [1.29, 1.82) is 0 Å². The molecule has 7 nitrogen and oxygen atoms in total. The number of nitrogens with zero attached hydrogens (tertiary/aromatic N) is 3. The number of nitro groups is 1. The van der Waals surface area contributed by atoms with E-state index in [2.05, 4.69) is 4.98 Å². The van der Waals surface area contributed by atoms with Gasteiger partial charge in [0, 0.05) is 18.5 Å². The van der Waals surface area contributed by atoms with Gasteiger partial charge in [-0.3, -0.25) is 14.9 Å². The maximum atomic E-state index is 12.2. The maximum absolute atomic E-state index is 12.2. The third-order valence-corrected chi connectivity index (χ3v) is 3.27. The van der Waals surface area contributed by atoms with E-state index >= 15 is 0 Å². The van der Waals surface area contributed by atoms with Crippen LogP contribution in [0.5, 0.6) is 5.75 Å². The number of benzene rings is 1. The number of thiazole rings is 1. The highest BCUT2D eigenvalue weighted by Crippen LogP contribution is 2.24. The molecule has 1 aromatic carbocycles. The number of nitro benzene ring substituents is 1. The highest BCUT2D eigenvalue weighted by Gasteiger charge is 2.23. The van der Waals surface area contributed by atoms with Crippen LogP contribution in [0.25, 0.3) is 0 Å². The average molecular weight is 293 g/mol. The van der Waals surface area contributed by atoms with Crippen LogP contribution in [0, 0.1) is 10.1 Å². The van der Waals surface area contributed by atoms with Gasteiger partial charge in [0.25, 0.3) is 11.6 Å². The van der Waals surface area contributed by atoms with Crippen molar-refractivity contribution in [1.82, 2.24) is 9.88 Å². The topological polar surface area (TPSA) is 96.6 Å². The highest BCUT2D eigenvalue weighted by molar-refractivity contribution is 7.07. The van der Waals surface area contributed by atoms with Crippen molar-refractivity contribution in [3.63, 3.8) is 0 Å². The molecule has 1 heterocycles. The SMILES string of the molecule is CN(Cc1cscn1)C(=O)c1cc(O)ccc1[N+](=O)[O-]. The quantitative estimate of drug-likeness (QED) is 0.687. The number of carbonyl (C=O) groups excluding carboxylic acids is 1. The minimum absolute atomic E-state index is 0.146. The van der Waals surface area contributed by atoms with Crippen molar-refractivity contribution in [2.45, 2.75) is 6.54 Å². The van der Waals surface area contributed by atoms with Crippen molar-refractivity contribution in [3.8, 4) is 5.75 Å². The second-order valence-electron chi connectivity index (χ2n) is 4.10. The molecule has 2 rings (SSSR count). The molecule has 20 heavy (non-hydrogen) atoms. The lowest BCUT2D eigenvalue weighted by Crippen LogP contribution is -2.27. The van der Waals surface area contributed by atoms with Gasteiger partial charge in [-0.05, 0) is 12.1 Å². The van der Waals surface area contributed by atoms with Gasteiger partial charge in [-0.2, -0.15) is 0 Å². The van der Waals surface area contributed by atoms with Gasteiger partial charge in [-0.1, -0.05) is 0 Å². The van der Waals surface area contributed by atoms with Crippen molar-refractivity contribution < 1.29 is 14.8 Å². The summed E-state index contributed by atoms with van der Waals surface area (Å²) in [6.45, 7) is 0.245. The summed E-state index contributed by atoms with van der Waals surface area (Å²) < 4.78 is 0. The molecular weight excluding hydrogens is 282 g/mol. The summed E-state index contributed by atoms with van der Waals surface area (Å²) >= 11 is 1.40. The van der Waals surface area contributed by atoms with E-state index < -0.39 is 10.8 Å². The van der Waals surface area contributed by atoms with E-state index in [1.807, 2.05) is 0 Å². The van der Waals surface area contributed by atoms with E-state index in [0.29, 0.717) is 5.69 Å². The van der Waals surface area contributed by atoms with Gasteiger partial charge < -0.3 is 10.0 Å². The van der Waals surface area contributed by atoms with Crippen LogP contribution in [0.1, 0.15) is 16.1 Å².